The molecule has 0 heterocycles. The number of benzene rings is 1. The Morgan fingerprint density at radius 1 is 1.22 bits per heavy atom. The van der Waals surface area contributed by atoms with Crippen molar-refractivity contribution in [2.45, 2.75) is 31.7 Å². The van der Waals surface area contributed by atoms with E-state index in [9.17, 15) is 13.6 Å². The molecule has 2 aliphatic rings. The van der Waals surface area contributed by atoms with Crippen molar-refractivity contribution >= 4 is 11.5 Å². The highest BCUT2D eigenvalue weighted by molar-refractivity contribution is 5.96. The molecule has 4 heteroatoms. The molecule has 0 spiro atoms. The highest BCUT2D eigenvalue weighted by atomic mass is 19.1. The lowest BCUT2D eigenvalue weighted by Gasteiger charge is -2.04. The van der Waals surface area contributed by atoms with Crippen LogP contribution < -0.4 is 5.32 Å². The zero-order valence-electron chi connectivity index (χ0n) is 9.80. The van der Waals surface area contributed by atoms with Crippen LogP contribution in [0.5, 0.6) is 0 Å². The van der Waals surface area contributed by atoms with Crippen molar-refractivity contribution in [2.24, 2.45) is 0 Å². The summed E-state index contributed by atoms with van der Waals surface area (Å²) >= 11 is 0. The van der Waals surface area contributed by atoms with Gasteiger partial charge in [0.05, 0.1) is 0 Å². The van der Waals surface area contributed by atoms with E-state index in [4.69, 9.17) is 0 Å². The van der Waals surface area contributed by atoms with Crippen LogP contribution in [-0.2, 0) is 11.2 Å². The Labute approximate surface area is 104 Å². The van der Waals surface area contributed by atoms with Gasteiger partial charge in [-0.1, -0.05) is 0 Å². The van der Waals surface area contributed by atoms with Gasteiger partial charge in [0.1, 0.15) is 11.6 Å². The number of rotatable bonds is 2. The molecular formula is C14H13F2NO. The largest absolute Gasteiger partial charge is 0.350 e. The smallest absolute Gasteiger partial charge is 0.244 e. The summed E-state index contributed by atoms with van der Waals surface area (Å²) in [6.45, 7) is 0. The minimum atomic E-state index is -0.450. The van der Waals surface area contributed by atoms with E-state index < -0.39 is 11.6 Å². The maximum atomic E-state index is 13.7. The van der Waals surface area contributed by atoms with Gasteiger partial charge in [0.2, 0.25) is 5.91 Å². The summed E-state index contributed by atoms with van der Waals surface area (Å²) in [4.78, 5) is 11.7. The van der Waals surface area contributed by atoms with Gasteiger partial charge in [-0.25, -0.2) is 8.78 Å². The van der Waals surface area contributed by atoms with Crippen molar-refractivity contribution in [3.63, 3.8) is 0 Å². The first kappa shape index (κ1) is 11.4. The van der Waals surface area contributed by atoms with Crippen molar-refractivity contribution in [2.75, 3.05) is 0 Å². The van der Waals surface area contributed by atoms with E-state index in [-0.39, 0.29) is 17.5 Å². The predicted octanol–water partition coefficient (Wildman–Crippen LogP) is 2.57. The Morgan fingerprint density at radius 2 is 1.94 bits per heavy atom. The van der Waals surface area contributed by atoms with Crippen LogP contribution in [0.15, 0.2) is 18.2 Å². The van der Waals surface area contributed by atoms with Crippen molar-refractivity contribution in [3.05, 3.63) is 41.0 Å². The molecule has 18 heavy (non-hydrogen) atoms. The van der Waals surface area contributed by atoms with Crippen LogP contribution in [0.25, 0.3) is 5.57 Å². The predicted molar refractivity (Wildman–Crippen MR) is 63.8 cm³/mol. The molecular weight excluding hydrogens is 236 g/mol. The summed E-state index contributed by atoms with van der Waals surface area (Å²) in [7, 11) is 0. The third kappa shape index (κ3) is 2.03. The average molecular weight is 249 g/mol. The van der Waals surface area contributed by atoms with E-state index in [1.165, 1.54) is 6.08 Å². The Bertz CT molecular complexity index is 547. The molecule has 2 nitrogen and oxygen atoms in total. The SMILES string of the molecule is O=C(/C=C1\CCc2c(F)ccc(F)c21)NC1CC1. The van der Waals surface area contributed by atoms with Gasteiger partial charge in [0.15, 0.2) is 0 Å². The molecule has 2 aliphatic carbocycles. The molecule has 0 radical (unpaired) electrons. The second-order valence-corrected chi connectivity index (χ2v) is 4.84. The van der Waals surface area contributed by atoms with Crippen LogP contribution in [0.1, 0.15) is 30.4 Å². The lowest BCUT2D eigenvalue weighted by molar-refractivity contribution is -0.116. The third-order valence-corrected chi connectivity index (χ3v) is 3.40. The highest BCUT2D eigenvalue weighted by Gasteiger charge is 2.26. The minimum absolute atomic E-state index is 0.205. The van der Waals surface area contributed by atoms with Crippen LogP contribution in [0.3, 0.4) is 0 Å². The summed E-state index contributed by atoms with van der Waals surface area (Å²) in [5.41, 5.74) is 1.27. The summed E-state index contributed by atoms with van der Waals surface area (Å²) in [5.74, 6) is -1.05. The normalized spacial score (nSPS) is 20.0. The number of carbonyl (C=O) groups is 1. The molecule has 1 fully saturated rings. The summed E-state index contributed by atoms with van der Waals surface area (Å²) in [6.07, 6.45) is 4.41. The van der Waals surface area contributed by atoms with E-state index >= 15 is 0 Å². The fraction of sp³-hybridized carbons (Fsp3) is 0.357. The first-order valence-corrected chi connectivity index (χ1v) is 6.13. The molecule has 0 bridgehead atoms. The van der Waals surface area contributed by atoms with Gasteiger partial charge < -0.3 is 5.32 Å². The average Bonchev–Trinajstić information content (AvgIpc) is 3.02. The number of hydrogen-bond acceptors (Lipinski definition) is 1. The van der Waals surface area contributed by atoms with Crippen LogP contribution in [0.4, 0.5) is 8.78 Å². The van der Waals surface area contributed by atoms with Gasteiger partial charge in [0.25, 0.3) is 0 Å². The zero-order valence-corrected chi connectivity index (χ0v) is 9.80. The molecule has 0 saturated heterocycles. The molecule has 0 unspecified atom stereocenters. The highest BCUT2D eigenvalue weighted by Crippen LogP contribution is 2.35. The standard InChI is InChI=1S/C14H13F2NO/c15-11-5-6-12(16)14-8(1-4-10(11)14)7-13(18)17-9-2-3-9/h5-7,9H,1-4H2,(H,17,18)/b8-7+. The van der Waals surface area contributed by atoms with Crippen molar-refractivity contribution in [1.29, 1.82) is 0 Å². The van der Waals surface area contributed by atoms with Crippen LogP contribution in [0.2, 0.25) is 0 Å². The molecule has 1 saturated carbocycles. The first-order chi connectivity index (χ1) is 8.65. The number of fused-ring (bicyclic) bond motifs is 1. The molecule has 0 aliphatic heterocycles. The number of halogens is 2. The fourth-order valence-electron chi connectivity index (χ4n) is 2.34. The molecule has 1 amide bonds. The van der Waals surface area contributed by atoms with E-state index in [2.05, 4.69) is 5.32 Å². The molecule has 1 aromatic carbocycles. The lowest BCUT2D eigenvalue weighted by atomic mass is 10.1. The molecule has 1 aromatic rings. The van der Waals surface area contributed by atoms with Crippen LogP contribution in [0, 0.1) is 11.6 Å². The van der Waals surface area contributed by atoms with E-state index in [0.717, 1.165) is 25.0 Å². The minimum Gasteiger partial charge on any atom is -0.350 e. The number of carbonyl (C=O) groups excluding carboxylic acids is 1. The van der Waals surface area contributed by atoms with Gasteiger partial charge in [-0.05, 0) is 49.0 Å². The van der Waals surface area contributed by atoms with Gasteiger partial charge in [0, 0.05) is 17.7 Å². The Kier molecular flexibility index (Phi) is 2.65. The first-order valence-electron chi connectivity index (χ1n) is 6.13. The van der Waals surface area contributed by atoms with E-state index in [1.54, 1.807) is 0 Å². The van der Waals surface area contributed by atoms with Gasteiger partial charge in [-0.15, -0.1) is 0 Å². The van der Waals surface area contributed by atoms with E-state index in [1.807, 2.05) is 0 Å². The second-order valence-electron chi connectivity index (χ2n) is 4.84. The molecule has 1 N–H and O–H groups in total. The summed E-state index contributed by atoms with van der Waals surface area (Å²) in [5, 5.41) is 2.81. The van der Waals surface area contributed by atoms with E-state index in [0.29, 0.717) is 24.0 Å². The van der Waals surface area contributed by atoms with Crippen molar-refractivity contribution in [3.8, 4) is 0 Å². The third-order valence-electron chi connectivity index (χ3n) is 3.40. The topological polar surface area (TPSA) is 29.1 Å². The van der Waals surface area contributed by atoms with Crippen LogP contribution >= 0.6 is 0 Å². The molecule has 94 valence electrons. The summed E-state index contributed by atoms with van der Waals surface area (Å²) in [6, 6.07) is 2.53. The maximum absolute atomic E-state index is 13.7. The van der Waals surface area contributed by atoms with Crippen LogP contribution in [-0.4, -0.2) is 11.9 Å². The Morgan fingerprint density at radius 3 is 2.67 bits per heavy atom. The number of nitrogens with one attached hydrogen (secondary N) is 1. The number of amides is 1. The quantitative estimate of drug-likeness (QED) is 0.802. The summed E-state index contributed by atoms with van der Waals surface area (Å²) < 4.78 is 27.2. The molecule has 3 rings (SSSR count). The van der Waals surface area contributed by atoms with Gasteiger partial charge in [-0.3, -0.25) is 4.79 Å². The number of allylic oxidation sites excluding steroid dienone is 1. The van der Waals surface area contributed by atoms with Gasteiger partial charge in [-0.2, -0.15) is 0 Å². The lowest BCUT2D eigenvalue weighted by Crippen LogP contribution is -2.23. The number of hydrogen-bond donors (Lipinski definition) is 1. The van der Waals surface area contributed by atoms with Crippen molar-refractivity contribution < 1.29 is 13.6 Å². The molecule has 0 atom stereocenters. The Hall–Kier alpha value is -1.71. The second kappa shape index (κ2) is 4.19. The van der Waals surface area contributed by atoms with Crippen molar-refractivity contribution in [1.82, 2.24) is 5.32 Å². The zero-order chi connectivity index (χ0) is 12.7. The van der Waals surface area contributed by atoms with Gasteiger partial charge >= 0.3 is 0 Å². The molecule has 0 aromatic heterocycles. The monoisotopic (exact) mass is 249 g/mol. The Balaban J connectivity index is 1.91. The maximum Gasteiger partial charge on any atom is 0.244 e. The fourth-order valence-corrected chi connectivity index (χ4v) is 2.34.